The van der Waals surface area contributed by atoms with Crippen LogP contribution in [0.3, 0.4) is 0 Å². The van der Waals surface area contributed by atoms with Gasteiger partial charge >= 0.3 is 0 Å². The van der Waals surface area contributed by atoms with Crippen LogP contribution in [-0.2, 0) is 21.2 Å². The highest BCUT2D eigenvalue weighted by molar-refractivity contribution is 7.90. The van der Waals surface area contributed by atoms with Gasteiger partial charge in [-0.1, -0.05) is 18.2 Å². The topological polar surface area (TPSA) is 81.4 Å². The van der Waals surface area contributed by atoms with E-state index in [1.54, 1.807) is 42.5 Å². The van der Waals surface area contributed by atoms with Crippen LogP contribution in [0, 0.1) is 5.21 Å². The van der Waals surface area contributed by atoms with E-state index >= 15 is 0 Å². The van der Waals surface area contributed by atoms with Crippen LogP contribution in [0.4, 0.5) is 5.69 Å². The summed E-state index contributed by atoms with van der Waals surface area (Å²) in [4.78, 5) is 13.7. The molecule has 0 radical (unpaired) electrons. The molecule has 0 atom stereocenters. The number of benzene rings is 2. The molecule has 3 aromatic rings. The Kier molecular flexibility index (Phi) is 5.08. The Morgan fingerprint density at radius 1 is 1.15 bits per heavy atom. The molecule has 1 amide bonds. The number of nitrogens with zero attached hydrogens (tertiary/aromatic N) is 2. The minimum Gasteiger partial charge on any atom is -0.617 e. The van der Waals surface area contributed by atoms with Gasteiger partial charge in [-0.3, -0.25) is 4.79 Å². The summed E-state index contributed by atoms with van der Waals surface area (Å²) in [6.07, 6.45) is 1.10. The third-order valence-corrected chi connectivity index (χ3v) is 5.61. The molecule has 3 rings (SSSR count). The molecule has 0 N–H and O–H groups in total. The number of para-hydroxylation sites is 1. The first-order chi connectivity index (χ1) is 12.7. The molecule has 1 heterocycles. The van der Waals surface area contributed by atoms with Crippen LogP contribution >= 0.6 is 11.6 Å². The zero-order valence-electron chi connectivity index (χ0n) is 14.7. The number of halogens is 1. The zero-order valence-corrected chi connectivity index (χ0v) is 16.3. The number of sulfone groups is 1. The molecule has 0 fully saturated rings. The van der Waals surface area contributed by atoms with Crippen molar-refractivity contribution >= 4 is 43.9 Å². The first-order valence-electron chi connectivity index (χ1n) is 8.06. The van der Waals surface area contributed by atoms with E-state index in [-0.39, 0.29) is 22.5 Å². The van der Waals surface area contributed by atoms with Crippen LogP contribution < -0.4 is 9.63 Å². The second kappa shape index (κ2) is 7.17. The molecule has 0 spiro atoms. The number of hydrogen-bond acceptors (Lipinski definition) is 4. The number of carbonyl (C=O) groups is 1. The van der Waals surface area contributed by atoms with E-state index in [1.165, 1.54) is 24.0 Å². The molecule has 2 aromatic carbocycles. The first kappa shape index (κ1) is 19.1. The third kappa shape index (κ3) is 3.89. The SMILES string of the molecule is CC(=O)N(Cc1ccc2ccc(Cl)[n+]([O-])c2c1)c1ccccc1S(C)(=O)=O. The average molecular weight is 405 g/mol. The van der Waals surface area contributed by atoms with Gasteiger partial charge in [-0.2, -0.15) is 4.73 Å². The first-order valence-corrected chi connectivity index (χ1v) is 10.3. The van der Waals surface area contributed by atoms with Gasteiger partial charge in [-0.05, 0) is 41.4 Å². The van der Waals surface area contributed by atoms with Crippen molar-refractivity contribution < 1.29 is 17.9 Å². The number of anilines is 1. The Bertz CT molecular complexity index is 1150. The lowest BCUT2D eigenvalue weighted by Gasteiger charge is -2.23. The van der Waals surface area contributed by atoms with Gasteiger partial charge in [-0.15, -0.1) is 0 Å². The monoisotopic (exact) mass is 404 g/mol. The summed E-state index contributed by atoms with van der Waals surface area (Å²) >= 11 is 5.88. The molecule has 1 aromatic heterocycles. The van der Waals surface area contributed by atoms with Crippen molar-refractivity contribution in [3.63, 3.8) is 0 Å². The Morgan fingerprint density at radius 3 is 2.48 bits per heavy atom. The number of hydrogen-bond donors (Lipinski definition) is 0. The van der Waals surface area contributed by atoms with Gasteiger partial charge in [0.05, 0.1) is 17.1 Å². The molecular weight excluding hydrogens is 388 g/mol. The summed E-state index contributed by atoms with van der Waals surface area (Å²) in [5.41, 5.74) is 1.35. The molecule has 0 aliphatic carbocycles. The number of fused-ring (bicyclic) bond motifs is 1. The van der Waals surface area contributed by atoms with E-state index in [2.05, 4.69) is 0 Å². The van der Waals surface area contributed by atoms with E-state index < -0.39 is 9.84 Å². The quantitative estimate of drug-likeness (QED) is 0.380. The molecular formula is C19H17ClN2O4S. The Balaban J connectivity index is 2.08. The van der Waals surface area contributed by atoms with Gasteiger partial charge in [-0.25, -0.2) is 8.42 Å². The third-order valence-electron chi connectivity index (χ3n) is 4.18. The number of aromatic nitrogens is 1. The predicted octanol–water partition coefficient (Wildman–Crippen LogP) is 3.08. The van der Waals surface area contributed by atoms with Crippen LogP contribution in [0.1, 0.15) is 12.5 Å². The van der Waals surface area contributed by atoms with Gasteiger partial charge in [0.1, 0.15) is 0 Å². The summed E-state index contributed by atoms with van der Waals surface area (Å²) in [5.74, 6) is -0.313. The van der Waals surface area contributed by atoms with E-state index in [0.717, 1.165) is 6.26 Å². The fourth-order valence-corrected chi connectivity index (χ4v) is 3.93. The van der Waals surface area contributed by atoms with Gasteiger partial charge in [0.2, 0.25) is 11.4 Å². The lowest BCUT2D eigenvalue weighted by molar-refractivity contribution is -0.574. The summed E-state index contributed by atoms with van der Waals surface area (Å²) < 4.78 is 24.8. The molecule has 0 aliphatic heterocycles. The predicted molar refractivity (Wildman–Crippen MR) is 104 cm³/mol. The number of amides is 1. The summed E-state index contributed by atoms with van der Waals surface area (Å²) in [5, 5.41) is 12.9. The smallest absolute Gasteiger partial charge is 0.286 e. The van der Waals surface area contributed by atoms with E-state index in [9.17, 15) is 18.4 Å². The number of rotatable bonds is 4. The van der Waals surface area contributed by atoms with Crippen LogP contribution in [0.25, 0.3) is 10.9 Å². The maximum atomic E-state index is 12.3. The van der Waals surface area contributed by atoms with Crippen LogP contribution in [0.2, 0.25) is 5.15 Å². The van der Waals surface area contributed by atoms with Crippen molar-refractivity contribution in [3.8, 4) is 0 Å². The van der Waals surface area contributed by atoms with Crippen molar-refractivity contribution in [2.75, 3.05) is 11.2 Å². The zero-order chi connectivity index (χ0) is 19.8. The highest BCUT2D eigenvalue weighted by Crippen LogP contribution is 2.27. The summed E-state index contributed by atoms with van der Waals surface area (Å²) in [7, 11) is -3.52. The Hall–Kier alpha value is -2.64. The van der Waals surface area contributed by atoms with Gasteiger partial charge in [0, 0.05) is 30.7 Å². The average Bonchev–Trinajstić information content (AvgIpc) is 2.62. The Labute approximate surface area is 162 Å². The molecule has 0 bridgehead atoms. The lowest BCUT2D eigenvalue weighted by Crippen LogP contribution is -2.30. The standard InChI is InChI=1S/C19H17ClN2O4S/c1-13(23)21(16-5-3-4-6-18(16)27(2,25)26)12-14-7-8-15-9-10-19(20)22(24)17(15)11-14/h3-11H,12H2,1-2H3. The van der Waals surface area contributed by atoms with E-state index in [4.69, 9.17) is 11.6 Å². The minimum absolute atomic E-state index is 0.0468. The number of carbonyl (C=O) groups excluding carboxylic acids is 1. The molecule has 0 saturated carbocycles. The molecule has 8 heteroatoms. The molecule has 140 valence electrons. The van der Waals surface area contributed by atoms with Crippen molar-refractivity contribution in [1.29, 1.82) is 0 Å². The van der Waals surface area contributed by atoms with Crippen LogP contribution in [0.5, 0.6) is 0 Å². The van der Waals surface area contributed by atoms with Crippen molar-refractivity contribution in [2.24, 2.45) is 0 Å². The second-order valence-corrected chi connectivity index (χ2v) is 8.56. The molecule has 6 nitrogen and oxygen atoms in total. The van der Waals surface area contributed by atoms with Gasteiger partial charge < -0.3 is 10.1 Å². The van der Waals surface area contributed by atoms with Crippen molar-refractivity contribution in [3.05, 3.63) is 70.5 Å². The number of pyridine rings is 1. The largest absolute Gasteiger partial charge is 0.617 e. The normalized spacial score (nSPS) is 11.5. The summed E-state index contributed by atoms with van der Waals surface area (Å²) in [6, 6.07) is 14.8. The lowest BCUT2D eigenvalue weighted by atomic mass is 10.1. The highest BCUT2D eigenvalue weighted by Gasteiger charge is 2.21. The maximum Gasteiger partial charge on any atom is 0.286 e. The fourth-order valence-electron chi connectivity index (χ4n) is 2.89. The van der Waals surface area contributed by atoms with Gasteiger partial charge in [0.25, 0.3) is 5.15 Å². The molecule has 0 aliphatic rings. The molecule has 0 unspecified atom stereocenters. The van der Waals surface area contributed by atoms with E-state index in [0.29, 0.717) is 26.9 Å². The maximum absolute atomic E-state index is 12.3. The molecule has 27 heavy (non-hydrogen) atoms. The van der Waals surface area contributed by atoms with E-state index in [1.807, 2.05) is 0 Å². The van der Waals surface area contributed by atoms with Crippen LogP contribution in [0.15, 0.2) is 59.5 Å². The highest BCUT2D eigenvalue weighted by atomic mass is 35.5. The minimum atomic E-state index is -3.52. The molecule has 0 saturated heterocycles. The van der Waals surface area contributed by atoms with Crippen molar-refractivity contribution in [1.82, 2.24) is 0 Å². The van der Waals surface area contributed by atoms with Crippen molar-refractivity contribution in [2.45, 2.75) is 18.4 Å². The summed E-state index contributed by atoms with van der Waals surface area (Å²) in [6.45, 7) is 1.48. The fraction of sp³-hybridized carbons (Fsp3) is 0.158. The van der Waals surface area contributed by atoms with Crippen LogP contribution in [-0.4, -0.2) is 20.6 Å². The second-order valence-electron chi connectivity index (χ2n) is 6.19. The Morgan fingerprint density at radius 2 is 1.81 bits per heavy atom. The van der Waals surface area contributed by atoms with Gasteiger partial charge in [0.15, 0.2) is 9.84 Å².